The summed E-state index contributed by atoms with van der Waals surface area (Å²) in [4.78, 5) is 3.47. The van der Waals surface area contributed by atoms with E-state index >= 15 is 0 Å². The van der Waals surface area contributed by atoms with Crippen LogP contribution in [0.4, 0.5) is 0 Å². The Morgan fingerprint density at radius 1 is 0.750 bits per heavy atom. The highest BCUT2D eigenvalue weighted by Gasteiger charge is 2.37. The molecule has 0 N–H and O–H groups in total. The molecule has 4 heterocycles. The molecule has 0 aliphatic carbocycles. The molecule has 2 aromatic heterocycles. The van der Waals surface area contributed by atoms with Crippen molar-refractivity contribution < 1.29 is 8.42 Å². The maximum Gasteiger partial charge on any atom is 0.104 e. The van der Waals surface area contributed by atoms with E-state index in [4.69, 9.17) is 0 Å². The number of benzene rings is 1. The molecule has 0 bridgehead atoms. The number of hydrogen-bond acceptors (Lipinski definition) is 4. The standard InChI is InChI=1S/C14H6O2S4/c15-19-10-4-6-17-11(10)9-2-1-7-8-3-5-18-14(8)20(16)12(7)13(9)19/h1-6H. The average molecular weight is 334 g/mol. The number of rotatable bonds is 0. The summed E-state index contributed by atoms with van der Waals surface area (Å²) >= 11 is 3.11. The van der Waals surface area contributed by atoms with E-state index in [9.17, 15) is 8.42 Å². The second-order valence-electron chi connectivity index (χ2n) is 4.59. The predicted molar refractivity (Wildman–Crippen MR) is 82.4 cm³/mol. The minimum Gasteiger partial charge on any atom is -0.249 e. The largest absolute Gasteiger partial charge is 0.249 e. The highest BCUT2D eigenvalue weighted by Crippen LogP contribution is 2.53. The Hall–Kier alpha value is -1.08. The predicted octanol–water partition coefficient (Wildman–Crippen LogP) is 4.10. The fourth-order valence-corrected chi connectivity index (χ4v) is 8.56. The van der Waals surface area contributed by atoms with Crippen LogP contribution in [0.2, 0.25) is 0 Å². The Balaban J connectivity index is 1.92. The van der Waals surface area contributed by atoms with Gasteiger partial charge in [0.25, 0.3) is 0 Å². The van der Waals surface area contributed by atoms with Gasteiger partial charge in [0, 0.05) is 16.7 Å². The molecular weight excluding hydrogens is 328 g/mol. The number of thiophene rings is 2. The molecule has 1 aromatic carbocycles. The molecule has 0 fully saturated rings. The van der Waals surface area contributed by atoms with Crippen molar-refractivity contribution in [3.63, 3.8) is 0 Å². The lowest BCUT2D eigenvalue weighted by atomic mass is 10.1. The Morgan fingerprint density at radius 3 is 2.40 bits per heavy atom. The second kappa shape index (κ2) is 3.76. The van der Waals surface area contributed by atoms with Crippen LogP contribution >= 0.6 is 22.7 Å². The second-order valence-corrected chi connectivity index (χ2v) is 9.42. The Morgan fingerprint density at radius 2 is 1.50 bits per heavy atom. The maximum absolute atomic E-state index is 12.7. The van der Waals surface area contributed by atoms with Crippen molar-refractivity contribution in [3.8, 4) is 21.6 Å². The molecule has 2 nitrogen and oxygen atoms in total. The molecule has 0 saturated carbocycles. The third-order valence-corrected chi connectivity index (χ3v) is 9.19. The fraction of sp³-hybridized carbons (Fsp3) is 0. The van der Waals surface area contributed by atoms with Gasteiger partial charge in [-0.05, 0) is 22.9 Å². The van der Waals surface area contributed by atoms with Crippen molar-refractivity contribution >= 4 is 44.3 Å². The summed E-state index contributed by atoms with van der Waals surface area (Å²) in [5.74, 6) is 0. The smallest absolute Gasteiger partial charge is 0.104 e. The molecule has 98 valence electrons. The molecule has 5 rings (SSSR count). The van der Waals surface area contributed by atoms with Crippen LogP contribution in [0.1, 0.15) is 0 Å². The summed E-state index contributed by atoms with van der Waals surface area (Å²) in [5.41, 5.74) is 3.02. The van der Waals surface area contributed by atoms with E-state index in [0.717, 1.165) is 40.5 Å². The SMILES string of the molecule is O=S1c2ccsc2-c2ccc3c(c21)S(=O)c1sccc1-3. The third kappa shape index (κ3) is 1.19. The lowest BCUT2D eigenvalue weighted by Crippen LogP contribution is -1.95. The Bertz CT molecular complexity index is 871. The highest BCUT2D eigenvalue weighted by molar-refractivity contribution is 7.90. The maximum atomic E-state index is 12.7. The Labute approximate surface area is 128 Å². The molecule has 2 unspecified atom stereocenters. The lowest BCUT2D eigenvalue weighted by Gasteiger charge is -2.05. The molecule has 2 aliphatic rings. The van der Waals surface area contributed by atoms with Gasteiger partial charge in [-0.1, -0.05) is 12.1 Å². The number of hydrogen-bond donors (Lipinski definition) is 0. The summed E-state index contributed by atoms with van der Waals surface area (Å²) in [6.45, 7) is 0. The third-order valence-electron chi connectivity index (χ3n) is 3.64. The molecule has 0 spiro atoms. The van der Waals surface area contributed by atoms with Crippen molar-refractivity contribution in [3.05, 3.63) is 35.0 Å². The van der Waals surface area contributed by atoms with E-state index in [1.807, 2.05) is 35.0 Å². The summed E-state index contributed by atoms with van der Waals surface area (Å²) in [6, 6.07) is 7.97. The molecule has 2 atom stereocenters. The monoisotopic (exact) mass is 334 g/mol. The van der Waals surface area contributed by atoms with Gasteiger partial charge >= 0.3 is 0 Å². The summed E-state index contributed by atoms with van der Waals surface area (Å²) in [7, 11) is -2.38. The van der Waals surface area contributed by atoms with Gasteiger partial charge in [0.05, 0.1) is 41.2 Å². The van der Waals surface area contributed by atoms with E-state index in [1.54, 1.807) is 11.3 Å². The van der Waals surface area contributed by atoms with Crippen LogP contribution in [-0.4, -0.2) is 8.42 Å². The molecule has 20 heavy (non-hydrogen) atoms. The highest BCUT2D eigenvalue weighted by atomic mass is 32.2. The zero-order valence-corrected chi connectivity index (χ0v) is 13.2. The van der Waals surface area contributed by atoms with Crippen molar-refractivity contribution in [1.29, 1.82) is 0 Å². The average Bonchev–Trinajstić information content (AvgIpc) is 3.17. The van der Waals surface area contributed by atoms with Gasteiger partial charge in [0.2, 0.25) is 0 Å². The van der Waals surface area contributed by atoms with Crippen LogP contribution in [-0.2, 0) is 21.6 Å². The summed E-state index contributed by atoms with van der Waals surface area (Å²) in [6.07, 6.45) is 0. The van der Waals surface area contributed by atoms with Crippen molar-refractivity contribution in [2.45, 2.75) is 18.9 Å². The normalized spacial score (nSPS) is 21.4. The van der Waals surface area contributed by atoms with Gasteiger partial charge in [-0.3, -0.25) is 0 Å². The van der Waals surface area contributed by atoms with Crippen LogP contribution in [0.15, 0.2) is 53.9 Å². The topological polar surface area (TPSA) is 34.1 Å². The first kappa shape index (κ1) is 11.6. The van der Waals surface area contributed by atoms with Crippen LogP contribution < -0.4 is 0 Å². The molecule has 6 heteroatoms. The quantitative estimate of drug-likeness (QED) is 0.427. The van der Waals surface area contributed by atoms with E-state index in [1.165, 1.54) is 11.3 Å². The Kier molecular flexibility index (Phi) is 2.18. The van der Waals surface area contributed by atoms with E-state index < -0.39 is 21.6 Å². The van der Waals surface area contributed by atoms with Crippen molar-refractivity contribution in [2.24, 2.45) is 0 Å². The first-order valence-electron chi connectivity index (χ1n) is 5.93. The minimum atomic E-state index is -1.19. The van der Waals surface area contributed by atoms with Gasteiger partial charge in [-0.2, -0.15) is 0 Å². The van der Waals surface area contributed by atoms with Crippen LogP contribution in [0.3, 0.4) is 0 Å². The summed E-state index contributed by atoms with van der Waals surface area (Å²) in [5, 5.41) is 3.93. The van der Waals surface area contributed by atoms with E-state index in [2.05, 4.69) is 0 Å². The van der Waals surface area contributed by atoms with Gasteiger partial charge in [0.15, 0.2) is 0 Å². The molecule has 3 aromatic rings. The van der Waals surface area contributed by atoms with Gasteiger partial charge in [0.1, 0.15) is 4.21 Å². The van der Waals surface area contributed by atoms with E-state index in [0.29, 0.717) is 0 Å². The van der Waals surface area contributed by atoms with Gasteiger partial charge < -0.3 is 0 Å². The first-order valence-corrected chi connectivity index (χ1v) is 9.99. The molecule has 2 aliphatic heterocycles. The van der Waals surface area contributed by atoms with Crippen LogP contribution in [0.25, 0.3) is 21.6 Å². The fourth-order valence-electron chi connectivity index (χ4n) is 2.80. The molecule has 0 radical (unpaired) electrons. The van der Waals surface area contributed by atoms with E-state index in [-0.39, 0.29) is 0 Å². The zero-order valence-electron chi connectivity index (χ0n) is 9.91. The van der Waals surface area contributed by atoms with Crippen molar-refractivity contribution in [2.75, 3.05) is 0 Å². The first-order chi connectivity index (χ1) is 9.77. The van der Waals surface area contributed by atoms with Crippen molar-refractivity contribution in [1.82, 2.24) is 0 Å². The van der Waals surface area contributed by atoms with Crippen LogP contribution in [0.5, 0.6) is 0 Å². The van der Waals surface area contributed by atoms with Gasteiger partial charge in [-0.15, -0.1) is 22.7 Å². The molecular formula is C14H6O2S4. The van der Waals surface area contributed by atoms with Crippen LogP contribution in [0, 0.1) is 0 Å². The zero-order chi connectivity index (χ0) is 13.4. The lowest BCUT2D eigenvalue weighted by molar-refractivity contribution is 0.678. The molecule has 0 saturated heterocycles. The van der Waals surface area contributed by atoms with Gasteiger partial charge in [-0.25, -0.2) is 8.42 Å². The summed E-state index contributed by atoms with van der Waals surface area (Å²) < 4.78 is 26.3. The minimum absolute atomic E-state index is 0.770. The number of fused-ring (bicyclic) bond motifs is 7. The molecule has 0 amide bonds.